The number of hydrogen-bond donors (Lipinski definition) is 2. The van der Waals surface area contributed by atoms with Crippen molar-refractivity contribution in [3.63, 3.8) is 0 Å². The van der Waals surface area contributed by atoms with Gasteiger partial charge in [-0.3, -0.25) is 9.98 Å². The fraction of sp³-hybridized carbons (Fsp3) is 0.400. The highest BCUT2D eigenvalue weighted by Crippen LogP contribution is 2.32. The Bertz CT molecular complexity index is 761. The molecular formula is C20H26N4O2. The summed E-state index contributed by atoms with van der Waals surface area (Å²) in [7, 11) is 0. The molecule has 1 aromatic heterocycles. The third kappa shape index (κ3) is 4.88. The van der Waals surface area contributed by atoms with Gasteiger partial charge in [0.25, 0.3) is 0 Å². The Morgan fingerprint density at radius 3 is 2.88 bits per heavy atom. The summed E-state index contributed by atoms with van der Waals surface area (Å²) >= 11 is 0. The van der Waals surface area contributed by atoms with Crippen molar-refractivity contribution in [1.82, 2.24) is 15.6 Å². The van der Waals surface area contributed by atoms with Gasteiger partial charge in [-0.05, 0) is 61.6 Å². The summed E-state index contributed by atoms with van der Waals surface area (Å²) in [6.07, 6.45) is 5.53. The summed E-state index contributed by atoms with van der Waals surface area (Å²) in [6, 6.07) is 8.14. The molecule has 0 amide bonds. The predicted molar refractivity (Wildman–Crippen MR) is 103 cm³/mol. The van der Waals surface area contributed by atoms with Gasteiger partial charge in [-0.2, -0.15) is 0 Å². The molecule has 0 radical (unpaired) electrons. The molecule has 0 unspecified atom stereocenters. The minimum Gasteiger partial charge on any atom is -0.454 e. The first kappa shape index (κ1) is 18.0. The Morgan fingerprint density at radius 1 is 1.15 bits per heavy atom. The molecule has 26 heavy (non-hydrogen) atoms. The highest BCUT2D eigenvalue weighted by atomic mass is 16.7. The van der Waals surface area contributed by atoms with Crippen LogP contribution in [0.5, 0.6) is 11.5 Å². The summed E-state index contributed by atoms with van der Waals surface area (Å²) in [5.74, 6) is 2.50. The molecule has 0 atom stereocenters. The molecular weight excluding hydrogens is 328 g/mol. The molecule has 0 fully saturated rings. The van der Waals surface area contributed by atoms with Crippen molar-refractivity contribution in [2.75, 3.05) is 26.4 Å². The Hall–Kier alpha value is -2.76. The van der Waals surface area contributed by atoms with Gasteiger partial charge in [0.15, 0.2) is 17.5 Å². The van der Waals surface area contributed by atoms with E-state index in [4.69, 9.17) is 9.47 Å². The molecule has 0 saturated carbocycles. The molecule has 138 valence electrons. The number of nitrogens with zero attached hydrogens (tertiary/aromatic N) is 2. The molecule has 2 heterocycles. The third-order valence-corrected chi connectivity index (χ3v) is 4.27. The average molecular weight is 354 g/mol. The van der Waals surface area contributed by atoms with E-state index in [9.17, 15) is 0 Å². The maximum absolute atomic E-state index is 5.43. The smallest absolute Gasteiger partial charge is 0.231 e. The minimum atomic E-state index is 0.311. The summed E-state index contributed by atoms with van der Waals surface area (Å²) in [6.45, 7) is 6.85. The average Bonchev–Trinajstić information content (AvgIpc) is 3.11. The summed E-state index contributed by atoms with van der Waals surface area (Å²) in [5.41, 5.74) is 3.72. The van der Waals surface area contributed by atoms with Gasteiger partial charge in [-0.1, -0.05) is 6.07 Å². The van der Waals surface area contributed by atoms with Crippen LogP contribution >= 0.6 is 0 Å². The molecule has 1 aliphatic heterocycles. The van der Waals surface area contributed by atoms with E-state index in [1.54, 1.807) is 0 Å². The van der Waals surface area contributed by atoms with Gasteiger partial charge in [0.2, 0.25) is 6.79 Å². The summed E-state index contributed by atoms with van der Waals surface area (Å²) in [4.78, 5) is 8.80. The van der Waals surface area contributed by atoms with Crippen LogP contribution in [0.3, 0.4) is 0 Å². The van der Waals surface area contributed by atoms with Crippen molar-refractivity contribution >= 4 is 5.96 Å². The molecule has 1 aliphatic rings. The van der Waals surface area contributed by atoms with Gasteiger partial charge < -0.3 is 20.1 Å². The molecule has 3 rings (SSSR count). The monoisotopic (exact) mass is 354 g/mol. The molecule has 6 heteroatoms. The zero-order chi connectivity index (χ0) is 18.2. The highest BCUT2D eigenvalue weighted by molar-refractivity contribution is 5.79. The lowest BCUT2D eigenvalue weighted by Crippen LogP contribution is -2.38. The number of aryl methyl sites for hydroxylation is 1. The first-order valence-electron chi connectivity index (χ1n) is 9.06. The van der Waals surface area contributed by atoms with Gasteiger partial charge in [0.05, 0.1) is 0 Å². The summed E-state index contributed by atoms with van der Waals surface area (Å²) in [5, 5.41) is 6.69. The van der Waals surface area contributed by atoms with Gasteiger partial charge in [0, 0.05) is 32.0 Å². The third-order valence-electron chi connectivity index (χ3n) is 4.27. The van der Waals surface area contributed by atoms with E-state index < -0.39 is 0 Å². The number of guanidine groups is 1. The number of benzene rings is 1. The maximum Gasteiger partial charge on any atom is 0.231 e. The Morgan fingerprint density at radius 2 is 2.04 bits per heavy atom. The van der Waals surface area contributed by atoms with Crippen molar-refractivity contribution in [2.24, 2.45) is 4.99 Å². The van der Waals surface area contributed by atoms with Crippen LogP contribution in [0, 0.1) is 6.92 Å². The second-order valence-corrected chi connectivity index (χ2v) is 6.18. The molecule has 2 aromatic rings. The van der Waals surface area contributed by atoms with Crippen LogP contribution in [-0.2, 0) is 12.8 Å². The molecule has 0 aliphatic carbocycles. The molecule has 0 bridgehead atoms. The van der Waals surface area contributed by atoms with Crippen molar-refractivity contribution in [3.8, 4) is 11.5 Å². The fourth-order valence-electron chi connectivity index (χ4n) is 2.83. The Balaban J connectivity index is 1.49. The van der Waals surface area contributed by atoms with E-state index in [-0.39, 0.29) is 0 Å². The second-order valence-electron chi connectivity index (χ2n) is 6.18. The molecule has 0 spiro atoms. The Kier molecular flexibility index (Phi) is 6.30. The highest BCUT2D eigenvalue weighted by Gasteiger charge is 2.12. The maximum atomic E-state index is 5.43. The standard InChI is InChI=1S/C20H26N4O2/c1-3-22-20(24-11-8-17-7-9-21-13-15(17)2)23-10-6-16-4-5-18-19(12-16)26-14-25-18/h4-5,7,9,12-13H,3,6,8,10-11,14H2,1-2H3,(H2,22,23,24). The minimum absolute atomic E-state index is 0.311. The number of aromatic nitrogens is 1. The van der Waals surface area contributed by atoms with E-state index in [0.29, 0.717) is 6.79 Å². The fourth-order valence-corrected chi connectivity index (χ4v) is 2.83. The van der Waals surface area contributed by atoms with Crippen molar-refractivity contribution in [3.05, 3.63) is 53.3 Å². The molecule has 1 aromatic carbocycles. The lowest BCUT2D eigenvalue weighted by atomic mass is 10.1. The zero-order valence-electron chi connectivity index (χ0n) is 15.4. The largest absolute Gasteiger partial charge is 0.454 e. The first-order chi connectivity index (χ1) is 12.8. The zero-order valence-corrected chi connectivity index (χ0v) is 15.4. The number of aliphatic imine (C=N–C) groups is 1. The number of fused-ring (bicyclic) bond motifs is 1. The lowest BCUT2D eigenvalue weighted by Gasteiger charge is -2.12. The van der Waals surface area contributed by atoms with E-state index in [2.05, 4.69) is 46.6 Å². The number of pyridine rings is 1. The van der Waals surface area contributed by atoms with Gasteiger partial charge >= 0.3 is 0 Å². The van der Waals surface area contributed by atoms with E-state index in [1.165, 1.54) is 16.7 Å². The van der Waals surface area contributed by atoms with Crippen LogP contribution in [0.2, 0.25) is 0 Å². The summed E-state index contributed by atoms with van der Waals surface area (Å²) < 4.78 is 10.8. The van der Waals surface area contributed by atoms with E-state index in [0.717, 1.165) is 49.9 Å². The van der Waals surface area contributed by atoms with Gasteiger partial charge in [-0.25, -0.2) is 0 Å². The predicted octanol–water partition coefficient (Wildman–Crippen LogP) is 2.46. The van der Waals surface area contributed by atoms with Crippen molar-refractivity contribution < 1.29 is 9.47 Å². The molecule has 6 nitrogen and oxygen atoms in total. The van der Waals surface area contributed by atoms with Crippen LogP contribution in [0.15, 0.2) is 41.7 Å². The van der Waals surface area contributed by atoms with Gasteiger partial charge in [-0.15, -0.1) is 0 Å². The number of rotatable bonds is 7. The van der Waals surface area contributed by atoms with Crippen molar-refractivity contribution in [1.29, 1.82) is 0 Å². The van der Waals surface area contributed by atoms with Crippen LogP contribution in [-0.4, -0.2) is 37.4 Å². The lowest BCUT2D eigenvalue weighted by molar-refractivity contribution is 0.174. The topological polar surface area (TPSA) is 67.8 Å². The normalized spacial score (nSPS) is 12.9. The molecule has 0 saturated heterocycles. The van der Waals surface area contributed by atoms with Crippen molar-refractivity contribution in [2.45, 2.75) is 26.7 Å². The van der Waals surface area contributed by atoms with E-state index in [1.807, 2.05) is 24.5 Å². The first-order valence-corrected chi connectivity index (χ1v) is 9.06. The SMILES string of the molecule is CCNC(=NCCc1ccncc1C)NCCc1ccc2c(c1)OCO2. The van der Waals surface area contributed by atoms with Crippen LogP contribution < -0.4 is 20.1 Å². The van der Waals surface area contributed by atoms with E-state index >= 15 is 0 Å². The Labute approximate surface area is 154 Å². The van der Waals surface area contributed by atoms with Gasteiger partial charge in [0.1, 0.15) is 0 Å². The quantitative estimate of drug-likeness (QED) is 0.591. The number of ether oxygens (including phenoxy) is 2. The van der Waals surface area contributed by atoms with Crippen LogP contribution in [0.1, 0.15) is 23.6 Å². The van der Waals surface area contributed by atoms with Crippen LogP contribution in [0.25, 0.3) is 0 Å². The number of nitrogens with one attached hydrogen (secondary N) is 2. The number of hydrogen-bond acceptors (Lipinski definition) is 4. The molecule has 2 N–H and O–H groups in total. The second kappa shape index (κ2) is 9.08. The van der Waals surface area contributed by atoms with Crippen LogP contribution in [0.4, 0.5) is 0 Å².